The van der Waals surface area contributed by atoms with Crippen molar-refractivity contribution in [2.24, 2.45) is 5.41 Å². The fraction of sp³-hybridized carbons (Fsp3) is 0.708. The standard InChI is InChI=1S/C24H40N2O5/c1-9-26-18(5)21(17(4)22(26)23(29)31-11-3)19(27)16-25(13-12-14-30-10-2)20(28)15-24(6,7)8/h9-16H2,1-8H3. The summed E-state index contributed by atoms with van der Waals surface area (Å²) in [5, 5.41) is 0. The Morgan fingerprint density at radius 3 is 2.19 bits per heavy atom. The Morgan fingerprint density at radius 2 is 1.68 bits per heavy atom. The van der Waals surface area contributed by atoms with E-state index in [1.165, 1.54) is 0 Å². The minimum Gasteiger partial charge on any atom is -0.461 e. The van der Waals surface area contributed by atoms with Gasteiger partial charge in [-0.3, -0.25) is 9.59 Å². The number of ether oxygens (including phenoxy) is 2. The van der Waals surface area contributed by atoms with Crippen molar-refractivity contribution in [1.82, 2.24) is 9.47 Å². The van der Waals surface area contributed by atoms with Crippen LogP contribution in [0.25, 0.3) is 0 Å². The van der Waals surface area contributed by atoms with E-state index in [-0.39, 0.29) is 30.3 Å². The molecule has 7 heteroatoms. The van der Waals surface area contributed by atoms with E-state index in [9.17, 15) is 14.4 Å². The van der Waals surface area contributed by atoms with Crippen molar-refractivity contribution in [2.75, 3.05) is 32.9 Å². The molecule has 0 saturated heterocycles. The van der Waals surface area contributed by atoms with Crippen LogP contribution in [0.4, 0.5) is 0 Å². The molecule has 0 aliphatic carbocycles. The normalized spacial score (nSPS) is 11.5. The van der Waals surface area contributed by atoms with Gasteiger partial charge in [0.1, 0.15) is 5.69 Å². The van der Waals surface area contributed by atoms with E-state index in [0.29, 0.717) is 56.0 Å². The Balaban J connectivity index is 3.19. The van der Waals surface area contributed by atoms with E-state index in [0.717, 1.165) is 5.69 Å². The van der Waals surface area contributed by atoms with Gasteiger partial charge in [0.05, 0.1) is 13.2 Å². The van der Waals surface area contributed by atoms with Gasteiger partial charge in [-0.1, -0.05) is 20.8 Å². The number of amides is 1. The molecule has 1 heterocycles. The van der Waals surface area contributed by atoms with E-state index in [2.05, 4.69) is 0 Å². The number of aromatic nitrogens is 1. The van der Waals surface area contributed by atoms with E-state index >= 15 is 0 Å². The molecule has 0 aliphatic rings. The first kappa shape index (κ1) is 26.9. The van der Waals surface area contributed by atoms with E-state index < -0.39 is 5.97 Å². The Hall–Kier alpha value is -2.15. The summed E-state index contributed by atoms with van der Waals surface area (Å²) in [5.74, 6) is -0.638. The molecule has 0 bridgehead atoms. The van der Waals surface area contributed by atoms with Crippen molar-refractivity contribution in [1.29, 1.82) is 0 Å². The van der Waals surface area contributed by atoms with E-state index in [4.69, 9.17) is 9.47 Å². The number of ketones is 1. The quantitative estimate of drug-likeness (QED) is 0.279. The van der Waals surface area contributed by atoms with Crippen LogP contribution in [0.15, 0.2) is 0 Å². The Bertz CT molecular complexity index is 774. The van der Waals surface area contributed by atoms with Crippen molar-refractivity contribution in [2.45, 2.75) is 74.8 Å². The number of hydrogen-bond acceptors (Lipinski definition) is 5. The third-order valence-corrected chi connectivity index (χ3v) is 5.12. The number of hydrogen-bond donors (Lipinski definition) is 0. The summed E-state index contributed by atoms with van der Waals surface area (Å²) < 4.78 is 12.4. The lowest BCUT2D eigenvalue weighted by molar-refractivity contribution is -0.132. The zero-order valence-corrected chi connectivity index (χ0v) is 20.6. The second-order valence-corrected chi connectivity index (χ2v) is 8.93. The average Bonchev–Trinajstić information content (AvgIpc) is 2.92. The summed E-state index contributed by atoms with van der Waals surface area (Å²) in [7, 11) is 0. The summed E-state index contributed by atoms with van der Waals surface area (Å²) in [5.41, 5.74) is 2.08. The summed E-state index contributed by atoms with van der Waals surface area (Å²) in [6, 6.07) is 0. The molecule has 0 unspecified atom stereocenters. The summed E-state index contributed by atoms with van der Waals surface area (Å²) in [4.78, 5) is 40.4. The van der Waals surface area contributed by atoms with Crippen LogP contribution < -0.4 is 0 Å². The molecular formula is C24H40N2O5. The van der Waals surface area contributed by atoms with E-state index in [1.54, 1.807) is 18.7 Å². The number of esters is 1. The molecule has 1 aromatic heterocycles. The van der Waals surface area contributed by atoms with Gasteiger partial charge in [-0.25, -0.2) is 4.79 Å². The SMILES string of the molecule is CCOCCCN(CC(=O)c1c(C)c(C(=O)OCC)n(CC)c1C)C(=O)CC(C)(C)C. The first-order valence-electron chi connectivity index (χ1n) is 11.2. The van der Waals surface area contributed by atoms with Gasteiger partial charge in [0.15, 0.2) is 5.78 Å². The first-order valence-corrected chi connectivity index (χ1v) is 11.2. The topological polar surface area (TPSA) is 77.8 Å². The largest absolute Gasteiger partial charge is 0.461 e. The smallest absolute Gasteiger partial charge is 0.355 e. The lowest BCUT2D eigenvalue weighted by Crippen LogP contribution is -2.39. The molecule has 1 rings (SSSR count). The Labute approximate surface area is 187 Å². The van der Waals surface area contributed by atoms with Crippen LogP contribution in [0, 0.1) is 19.3 Å². The molecular weight excluding hydrogens is 396 g/mol. The van der Waals surface area contributed by atoms with Gasteiger partial charge in [-0.05, 0) is 52.0 Å². The maximum absolute atomic E-state index is 13.3. The number of Topliss-reactive ketones (excluding diaryl/α,β-unsaturated/α-hetero) is 1. The van der Waals surface area contributed by atoms with Crippen LogP contribution in [-0.2, 0) is 20.8 Å². The van der Waals surface area contributed by atoms with Crippen LogP contribution in [0.1, 0.15) is 86.5 Å². The highest BCUT2D eigenvalue weighted by molar-refractivity contribution is 6.04. The number of carbonyl (C=O) groups excluding carboxylic acids is 3. The summed E-state index contributed by atoms with van der Waals surface area (Å²) in [6.45, 7) is 17.7. The molecule has 1 amide bonds. The highest BCUT2D eigenvalue weighted by Gasteiger charge is 2.29. The van der Waals surface area contributed by atoms with Gasteiger partial charge in [0.2, 0.25) is 5.91 Å². The molecule has 0 fully saturated rings. The van der Waals surface area contributed by atoms with Crippen molar-refractivity contribution in [3.63, 3.8) is 0 Å². The molecule has 0 radical (unpaired) electrons. The third kappa shape index (κ3) is 7.49. The van der Waals surface area contributed by atoms with Gasteiger partial charge in [-0.2, -0.15) is 0 Å². The van der Waals surface area contributed by atoms with Gasteiger partial charge in [0, 0.05) is 44.0 Å². The predicted octanol–water partition coefficient (Wildman–Crippen LogP) is 4.18. The van der Waals surface area contributed by atoms with Gasteiger partial charge < -0.3 is 18.9 Å². The van der Waals surface area contributed by atoms with Crippen LogP contribution in [0.5, 0.6) is 0 Å². The fourth-order valence-electron chi connectivity index (χ4n) is 3.78. The van der Waals surface area contributed by atoms with Crippen molar-refractivity contribution in [3.8, 4) is 0 Å². The van der Waals surface area contributed by atoms with Crippen LogP contribution >= 0.6 is 0 Å². The number of carbonyl (C=O) groups is 3. The van der Waals surface area contributed by atoms with Crippen LogP contribution in [0.2, 0.25) is 0 Å². The Morgan fingerprint density at radius 1 is 1.03 bits per heavy atom. The minimum absolute atomic E-state index is 0.0152. The summed E-state index contributed by atoms with van der Waals surface area (Å²) >= 11 is 0. The van der Waals surface area contributed by atoms with Gasteiger partial charge in [0.25, 0.3) is 0 Å². The molecule has 0 spiro atoms. The Kier molecular flexibility index (Phi) is 10.4. The highest BCUT2D eigenvalue weighted by atomic mass is 16.5. The zero-order chi connectivity index (χ0) is 23.8. The average molecular weight is 437 g/mol. The van der Waals surface area contributed by atoms with Crippen LogP contribution in [0.3, 0.4) is 0 Å². The van der Waals surface area contributed by atoms with Crippen LogP contribution in [-0.4, -0.2) is 60.0 Å². The summed E-state index contributed by atoms with van der Waals surface area (Å²) in [6.07, 6.45) is 1.02. The van der Waals surface area contributed by atoms with Gasteiger partial charge in [-0.15, -0.1) is 0 Å². The molecule has 0 aromatic carbocycles. The molecule has 31 heavy (non-hydrogen) atoms. The lowest BCUT2D eigenvalue weighted by atomic mass is 9.91. The maximum Gasteiger partial charge on any atom is 0.355 e. The predicted molar refractivity (Wildman–Crippen MR) is 122 cm³/mol. The molecule has 0 aliphatic heterocycles. The molecule has 0 N–H and O–H groups in total. The molecule has 0 saturated carbocycles. The molecule has 1 aromatic rings. The molecule has 0 atom stereocenters. The lowest BCUT2D eigenvalue weighted by Gasteiger charge is -2.26. The zero-order valence-electron chi connectivity index (χ0n) is 20.6. The maximum atomic E-state index is 13.3. The minimum atomic E-state index is -0.429. The van der Waals surface area contributed by atoms with Gasteiger partial charge >= 0.3 is 5.97 Å². The van der Waals surface area contributed by atoms with Crippen molar-refractivity contribution in [3.05, 3.63) is 22.5 Å². The second kappa shape index (κ2) is 12.0. The second-order valence-electron chi connectivity index (χ2n) is 8.93. The number of rotatable bonds is 12. The molecule has 7 nitrogen and oxygen atoms in total. The fourth-order valence-corrected chi connectivity index (χ4v) is 3.78. The van der Waals surface area contributed by atoms with Crippen molar-refractivity contribution >= 4 is 17.7 Å². The van der Waals surface area contributed by atoms with E-state index in [1.807, 2.05) is 46.1 Å². The first-order chi connectivity index (χ1) is 14.5. The number of nitrogens with zero attached hydrogens (tertiary/aromatic N) is 2. The molecule has 176 valence electrons. The third-order valence-electron chi connectivity index (χ3n) is 5.12. The highest BCUT2D eigenvalue weighted by Crippen LogP contribution is 2.25. The van der Waals surface area contributed by atoms with Crippen molar-refractivity contribution < 1.29 is 23.9 Å². The monoisotopic (exact) mass is 436 g/mol.